The van der Waals surface area contributed by atoms with Gasteiger partial charge in [0.15, 0.2) is 11.5 Å². The molecule has 10 heteroatoms. The minimum Gasteiger partial charge on any atom is -0.486 e. The number of hydrogen-bond acceptors (Lipinski definition) is 6. The van der Waals surface area contributed by atoms with Gasteiger partial charge in [-0.15, -0.1) is 0 Å². The lowest BCUT2D eigenvalue weighted by molar-refractivity contribution is -0.137. The van der Waals surface area contributed by atoms with E-state index in [1.54, 1.807) is 29.3 Å². The van der Waals surface area contributed by atoms with Crippen LogP contribution >= 0.6 is 0 Å². The minimum absolute atomic E-state index is 0.0122. The first-order valence-electron chi connectivity index (χ1n) is 12.6. The van der Waals surface area contributed by atoms with E-state index in [4.69, 9.17) is 9.47 Å². The molecule has 1 amide bonds. The van der Waals surface area contributed by atoms with Gasteiger partial charge in [-0.3, -0.25) is 14.6 Å². The number of nitrogens with zero attached hydrogens (tertiary/aromatic N) is 4. The number of rotatable bonds is 6. The van der Waals surface area contributed by atoms with Crippen LogP contribution in [0.3, 0.4) is 0 Å². The molecule has 2 aliphatic heterocycles. The molecule has 38 heavy (non-hydrogen) atoms. The normalized spacial score (nSPS) is 16.7. The number of amides is 1. The Bertz CT molecular complexity index is 1250. The molecule has 0 bridgehead atoms. The fourth-order valence-electron chi connectivity index (χ4n) is 4.84. The second-order valence-electron chi connectivity index (χ2n) is 9.35. The van der Waals surface area contributed by atoms with Gasteiger partial charge >= 0.3 is 6.18 Å². The number of halogens is 3. The van der Waals surface area contributed by atoms with Crippen LogP contribution in [0.25, 0.3) is 0 Å². The molecule has 2 aliphatic rings. The van der Waals surface area contributed by atoms with Crippen molar-refractivity contribution < 1.29 is 27.4 Å². The summed E-state index contributed by atoms with van der Waals surface area (Å²) in [5.74, 6) is 1.60. The maximum absolute atomic E-state index is 13.5. The number of fused-ring (bicyclic) bond motifs is 1. The molecule has 1 aromatic heterocycles. The Hall–Kier alpha value is -3.79. The summed E-state index contributed by atoms with van der Waals surface area (Å²) in [6.45, 7) is 6.56. The number of aromatic nitrogens is 1. The van der Waals surface area contributed by atoms with Crippen LogP contribution in [0.2, 0.25) is 0 Å². The maximum atomic E-state index is 13.5. The summed E-state index contributed by atoms with van der Waals surface area (Å²) in [6.07, 6.45) is -2.87. The predicted molar refractivity (Wildman–Crippen MR) is 138 cm³/mol. The molecule has 1 atom stereocenters. The Balaban J connectivity index is 1.28. The van der Waals surface area contributed by atoms with E-state index in [1.165, 1.54) is 12.1 Å². The van der Waals surface area contributed by atoms with Gasteiger partial charge < -0.3 is 14.4 Å². The third-order valence-corrected chi connectivity index (χ3v) is 6.90. The van der Waals surface area contributed by atoms with E-state index in [2.05, 4.69) is 14.8 Å². The van der Waals surface area contributed by atoms with Crippen molar-refractivity contribution in [1.29, 1.82) is 0 Å². The number of hydrogen-bond donors (Lipinski definition) is 0. The van der Waals surface area contributed by atoms with Gasteiger partial charge in [0.1, 0.15) is 19.0 Å². The first-order valence-corrected chi connectivity index (χ1v) is 12.6. The molecule has 3 aromatic rings. The number of alkyl halides is 3. The topological polar surface area (TPSA) is 58.1 Å². The standard InChI is InChI=1S/C28H29F3N4O3/c1-20(33-13-15-34(16-14-33)23-5-4-6-24-26(23)38-18-17-37-24)19-35(25-7-2-3-12-32-25)27(36)21-8-10-22(11-9-21)28(29,30)31/h2-12,20H,13-19H2,1H3/t20-/m1/s1. The van der Waals surface area contributed by atoms with Crippen molar-refractivity contribution in [2.75, 3.05) is 55.7 Å². The van der Waals surface area contributed by atoms with Gasteiger partial charge in [0.05, 0.1) is 11.3 Å². The lowest BCUT2D eigenvalue weighted by Crippen LogP contribution is -2.53. The molecule has 200 valence electrons. The lowest BCUT2D eigenvalue weighted by atomic mass is 10.1. The molecule has 1 saturated heterocycles. The molecule has 0 unspecified atom stereocenters. The predicted octanol–water partition coefficient (Wildman–Crippen LogP) is 4.73. The van der Waals surface area contributed by atoms with Crippen molar-refractivity contribution >= 4 is 17.4 Å². The highest BCUT2D eigenvalue weighted by atomic mass is 19.4. The summed E-state index contributed by atoms with van der Waals surface area (Å²) in [4.78, 5) is 23.9. The largest absolute Gasteiger partial charge is 0.486 e. The van der Waals surface area contributed by atoms with E-state index in [0.717, 1.165) is 55.5 Å². The minimum atomic E-state index is -4.46. The summed E-state index contributed by atoms with van der Waals surface area (Å²) in [7, 11) is 0. The molecule has 0 radical (unpaired) electrons. The van der Waals surface area contributed by atoms with Crippen molar-refractivity contribution in [1.82, 2.24) is 9.88 Å². The third-order valence-electron chi connectivity index (χ3n) is 6.90. The lowest BCUT2D eigenvalue weighted by Gasteiger charge is -2.41. The summed E-state index contributed by atoms with van der Waals surface area (Å²) >= 11 is 0. The highest BCUT2D eigenvalue weighted by molar-refractivity contribution is 6.05. The molecule has 7 nitrogen and oxygen atoms in total. The van der Waals surface area contributed by atoms with Crippen LogP contribution in [-0.4, -0.2) is 67.8 Å². The SMILES string of the molecule is C[C@H](CN(C(=O)c1ccc(C(F)(F)F)cc1)c1ccccn1)N1CCN(c2cccc3c2OCCO3)CC1. The fourth-order valence-corrected chi connectivity index (χ4v) is 4.84. The first kappa shape index (κ1) is 25.8. The van der Waals surface area contributed by atoms with Crippen molar-refractivity contribution in [3.05, 3.63) is 78.0 Å². The Labute approximate surface area is 219 Å². The van der Waals surface area contributed by atoms with E-state index in [0.29, 0.717) is 25.6 Å². The molecular weight excluding hydrogens is 497 g/mol. The van der Waals surface area contributed by atoms with E-state index in [1.807, 2.05) is 25.1 Å². The fraction of sp³-hybridized carbons (Fsp3) is 0.357. The molecule has 1 fully saturated rings. The van der Waals surface area contributed by atoms with Crippen molar-refractivity contribution in [3.8, 4) is 11.5 Å². The van der Waals surface area contributed by atoms with Crippen LogP contribution in [-0.2, 0) is 6.18 Å². The molecule has 0 aliphatic carbocycles. The zero-order chi connectivity index (χ0) is 26.7. The zero-order valence-electron chi connectivity index (χ0n) is 21.0. The number of para-hydroxylation sites is 1. The summed E-state index contributed by atoms with van der Waals surface area (Å²) in [6, 6.07) is 15.5. The van der Waals surface area contributed by atoms with E-state index in [-0.39, 0.29) is 11.6 Å². The van der Waals surface area contributed by atoms with Gasteiger partial charge in [0.2, 0.25) is 0 Å². The van der Waals surface area contributed by atoms with Crippen LogP contribution in [0.5, 0.6) is 11.5 Å². The maximum Gasteiger partial charge on any atom is 0.416 e. The van der Waals surface area contributed by atoms with Crippen LogP contribution < -0.4 is 19.3 Å². The summed E-state index contributed by atoms with van der Waals surface area (Å²) in [5, 5.41) is 0. The zero-order valence-corrected chi connectivity index (χ0v) is 21.0. The van der Waals surface area contributed by atoms with Gasteiger partial charge in [-0.25, -0.2) is 4.98 Å². The Morgan fingerprint density at radius 2 is 1.71 bits per heavy atom. The molecule has 0 N–H and O–H groups in total. The number of anilines is 2. The molecule has 2 aromatic carbocycles. The number of piperazine rings is 1. The van der Waals surface area contributed by atoms with Crippen molar-refractivity contribution in [3.63, 3.8) is 0 Å². The average molecular weight is 527 g/mol. The van der Waals surface area contributed by atoms with Gasteiger partial charge in [-0.2, -0.15) is 13.2 Å². The van der Waals surface area contributed by atoms with Crippen molar-refractivity contribution in [2.24, 2.45) is 0 Å². The van der Waals surface area contributed by atoms with Gasteiger partial charge in [-0.1, -0.05) is 12.1 Å². The quantitative estimate of drug-likeness (QED) is 0.463. The smallest absolute Gasteiger partial charge is 0.416 e. The van der Waals surface area contributed by atoms with Crippen molar-refractivity contribution in [2.45, 2.75) is 19.1 Å². The number of carbonyl (C=O) groups excluding carboxylic acids is 1. The van der Waals surface area contributed by atoms with Crippen LogP contribution in [0.4, 0.5) is 24.7 Å². The first-order chi connectivity index (χ1) is 18.3. The van der Waals surface area contributed by atoms with E-state index in [9.17, 15) is 18.0 Å². The molecule has 0 saturated carbocycles. The Morgan fingerprint density at radius 3 is 2.39 bits per heavy atom. The molecule has 5 rings (SSSR count). The van der Waals surface area contributed by atoms with E-state index < -0.39 is 17.6 Å². The Morgan fingerprint density at radius 1 is 0.974 bits per heavy atom. The van der Waals surface area contributed by atoms with Gasteiger partial charge in [0.25, 0.3) is 5.91 Å². The van der Waals surface area contributed by atoms with Crippen LogP contribution in [0.15, 0.2) is 66.9 Å². The third kappa shape index (κ3) is 5.55. The highest BCUT2D eigenvalue weighted by Gasteiger charge is 2.32. The number of carbonyl (C=O) groups is 1. The van der Waals surface area contributed by atoms with Crippen LogP contribution in [0.1, 0.15) is 22.8 Å². The molecule has 0 spiro atoms. The molecular formula is C28H29F3N4O3. The highest BCUT2D eigenvalue weighted by Crippen LogP contribution is 2.40. The number of ether oxygens (including phenoxy) is 2. The second-order valence-corrected chi connectivity index (χ2v) is 9.35. The average Bonchev–Trinajstić information content (AvgIpc) is 2.95. The Kier molecular flexibility index (Phi) is 7.42. The summed E-state index contributed by atoms with van der Waals surface area (Å²) in [5.41, 5.74) is 0.403. The van der Waals surface area contributed by atoms with Crippen LogP contribution in [0, 0.1) is 0 Å². The summed E-state index contributed by atoms with van der Waals surface area (Å²) < 4.78 is 50.6. The molecule has 3 heterocycles. The van der Waals surface area contributed by atoms with Gasteiger partial charge in [0, 0.05) is 50.5 Å². The van der Waals surface area contributed by atoms with Gasteiger partial charge in [-0.05, 0) is 55.5 Å². The number of benzene rings is 2. The number of pyridine rings is 1. The monoisotopic (exact) mass is 526 g/mol. The van der Waals surface area contributed by atoms with E-state index >= 15 is 0 Å². The second kappa shape index (κ2) is 10.9.